The molecule has 1 nitrogen and oxygen atoms in total. The molecule has 0 unspecified atom stereocenters. The largest absolute Gasteiger partial charge is 0.390 e. The molecule has 0 radical (unpaired) electrons. The number of hydrogen-bond acceptors (Lipinski definition) is 1. The first-order chi connectivity index (χ1) is 7.36. The van der Waals surface area contributed by atoms with Crippen LogP contribution in [0.4, 0.5) is 0 Å². The van der Waals surface area contributed by atoms with Crippen LogP contribution in [0, 0.1) is 35.0 Å². The maximum Gasteiger partial charge on any atom is 0.0650 e. The fourth-order valence-electron chi connectivity index (χ4n) is 5.29. The SMILES string of the molecule is C[C@@H]1CC[C@@H]2[C@H]1[C@H]1[C@@H](CC[C@@]2(C)O)C1(C)C. The Morgan fingerprint density at radius 2 is 1.69 bits per heavy atom. The van der Waals surface area contributed by atoms with Crippen LogP contribution >= 0.6 is 0 Å². The van der Waals surface area contributed by atoms with E-state index in [0.717, 1.165) is 30.1 Å². The van der Waals surface area contributed by atoms with Crippen molar-refractivity contribution in [3.63, 3.8) is 0 Å². The fourth-order valence-corrected chi connectivity index (χ4v) is 5.29. The van der Waals surface area contributed by atoms with E-state index in [1.54, 1.807) is 0 Å². The van der Waals surface area contributed by atoms with E-state index in [2.05, 4.69) is 27.7 Å². The number of hydrogen-bond donors (Lipinski definition) is 1. The zero-order chi connectivity index (χ0) is 11.7. The normalized spacial score (nSPS) is 58.7. The second kappa shape index (κ2) is 3.04. The summed E-state index contributed by atoms with van der Waals surface area (Å²) in [6.45, 7) is 9.41. The summed E-state index contributed by atoms with van der Waals surface area (Å²) in [4.78, 5) is 0. The summed E-state index contributed by atoms with van der Waals surface area (Å²) in [6, 6.07) is 0. The molecule has 3 saturated carbocycles. The molecule has 3 aliphatic rings. The molecule has 0 aliphatic heterocycles. The van der Waals surface area contributed by atoms with Gasteiger partial charge >= 0.3 is 0 Å². The van der Waals surface area contributed by atoms with Crippen molar-refractivity contribution in [2.45, 2.75) is 59.0 Å². The van der Waals surface area contributed by atoms with Crippen molar-refractivity contribution in [3.05, 3.63) is 0 Å². The fraction of sp³-hybridized carbons (Fsp3) is 1.00. The highest BCUT2D eigenvalue weighted by atomic mass is 16.3. The Balaban J connectivity index is 1.94. The summed E-state index contributed by atoms with van der Waals surface area (Å²) in [5.74, 6) is 4.03. The van der Waals surface area contributed by atoms with Crippen molar-refractivity contribution < 1.29 is 5.11 Å². The van der Waals surface area contributed by atoms with Gasteiger partial charge in [-0.1, -0.05) is 27.2 Å². The van der Waals surface area contributed by atoms with Crippen molar-refractivity contribution in [1.82, 2.24) is 0 Å². The molecule has 92 valence electrons. The Kier molecular flexibility index (Phi) is 2.11. The van der Waals surface area contributed by atoms with E-state index in [4.69, 9.17) is 0 Å². The Labute approximate surface area is 99.6 Å². The Hall–Kier alpha value is -0.0400. The van der Waals surface area contributed by atoms with Crippen LogP contribution in [0.1, 0.15) is 53.4 Å². The van der Waals surface area contributed by atoms with E-state index in [9.17, 15) is 5.11 Å². The van der Waals surface area contributed by atoms with Gasteiger partial charge in [-0.25, -0.2) is 0 Å². The van der Waals surface area contributed by atoms with Gasteiger partial charge in [-0.3, -0.25) is 0 Å². The molecule has 0 aromatic carbocycles. The third-order valence-electron chi connectivity index (χ3n) is 6.37. The van der Waals surface area contributed by atoms with Gasteiger partial charge in [0, 0.05) is 0 Å². The maximum atomic E-state index is 10.7. The standard InChI is InChI=1S/C15H26O/c1-9-5-6-10-12(9)13-11(14(13,2)3)7-8-15(10,4)16/h9-13,16H,5-8H2,1-4H3/t9-,10-,11-,12+,13-,15-/m1/s1. The molecule has 0 saturated heterocycles. The van der Waals surface area contributed by atoms with E-state index in [0.29, 0.717) is 11.3 Å². The van der Waals surface area contributed by atoms with E-state index < -0.39 is 0 Å². The molecule has 0 heterocycles. The third kappa shape index (κ3) is 1.27. The molecular weight excluding hydrogens is 196 g/mol. The average molecular weight is 222 g/mol. The van der Waals surface area contributed by atoms with Gasteiger partial charge in [-0.05, 0) is 61.2 Å². The summed E-state index contributed by atoms with van der Waals surface area (Å²) in [5, 5.41) is 10.7. The minimum atomic E-state index is -0.376. The first-order valence-corrected chi connectivity index (χ1v) is 7.08. The van der Waals surface area contributed by atoms with Gasteiger partial charge in [-0.15, -0.1) is 0 Å². The zero-order valence-electron chi connectivity index (χ0n) is 11.2. The van der Waals surface area contributed by atoms with Crippen LogP contribution in [0.15, 0.2) is 0 Å². The van der Waals surface area contributed by atoms with Gasteiger partial charge in [0.1, 0.15) is 0 Å². The Morgan fingerprint density at radius 3 is 2.38 bits per heavy atom. The zero-order valence-corrected chi connectivity index (χ0v) is 11.2. The molecule has 0 aromatic rings. The number of rotatable bonds is 0. The predicted octanol–water partition coefficient (Wildman–Crippen LogP) is 3.47. The second-order valence-electron chi connectivity index (χ2n) is 7.59. The lowest BCUT2D eigenvalue weighted by atomic mass is 9.74. The van der Waals surface area contributed by atoms with Gasteiger partial charge in [0.25, 0.3) is 0 Å². The Bertz CT molecular complexity index is 305. The van der Waals surface area contributed by atoms with E-state index >= 15 is 0 Å². The van der Waals surface area contributed by atoms with E-state index in [-0.39, 0.29) is 5.60 Å². The summed E-state index contributed by atoms with van der Waals surface area (Å²) in [5.41, 5.74) is 0.191. The first-order valence-electron chi connectivity index (χ1n) is 7.08. The van der Waals surface area contributed by atoms with Crippen LogP contribution in [-0.4, -0.2) is 10.7 Å². The summed E-state index contributed by atoms with van der Waals surface area (Å²) in [6.07, 6.45) is 4.89. The molecule has 3 fully saturated rings. The highest BCUT2D eigenvalue weighted by molar-refractivity contribution is 5.14. The average Bonchev–Trinajstić information content (AvgIpc) is 2.51. The van der Waals surface area contributed by atoms with Crippen LogP contribution < -0.4 is 0 Å². The lowest BCUT2D eigenvalue weighted by Gasteiger charge is -2.35. The molecule has 0 amide bonds. The minimum absolute atomic E-state index is 0.376. The minimum Gasteiger partial charge on any atom is -0.390 e. The molecule has 16 heavy (non-hydrogen) atoms. The van der Waals surface area contributed by atoms with Gasteiger partial charge in [-0.2, -0.15) is 0 Å². The summed E-state index contributed by atoms with van der Waals surface area (Å²) in [7, 11) is 0. The monoisotopic (exact) mass is 222 g/mol. The molecule has 3 rings (SSSR count). The van der Waals surface area contributed by atoms with Crippen molar-refractivity contribution >= 4 is 0 Å². The third-order valence-corrected chi connectivity index (χ3v) is 6.37. The van der Waals surface area contributed by atoms with E-state index in [1.807, 2.05) is 0 Å². The first kappa shape index (κ1) is 11.1. The molecule has 0 bridgehead atoms. The van der Waals surface area contributed by atoms with Crippen molar-refractivity contribution in [2.24, 2.45) is 35.0 Å². The molecular formula is C15H26O. The number of fused-ring (bicyclic) bond motifs is 3. The van der Waals surface area contributed by atoms with E-state index in [1.165, 1.54) is 19.3 Å². The summed E-state index contributed by atoms with van der Waals surface area (Å²) < 4.78 is 0. The molecule has 6 atom stereocenters. The number of aliphatic hydroxyl groups is 1. The van der Waals surface area contributed by atoms with Gasteiger partial charge in [0.2, 0.25) is 0 Å². The van der Waals surface area contributed by atoms with Gasteiger partial charge in [0.05, 0.1) is 5.60 Å². The van der Waals surface area contributed by atoms with Gasteiger partial charge in [0.15, 0.2) is 0 Å². The molecule has 3 aliphatic carbocycles. The quantitative estimate of drug-likeness (QED) is 0.665. The van der Waals surface area contributed by atoms with Crippen LogP contribution in [0.2, 0.25) is 0 Å². The lowest BCUT2D eigenvalue weighted by molar-refractivity contribution is -0.0302. The predicted molar refractivity (Wildman–Crippen MR) is 66.0 cm³/mol. The second-order valence-corrected chi connectivity index (χ2v) is 7.59. The lowest BCUT2D eigenvalue weighted by Crippen LogP contribution is -2.38. The smallest absolute Gasteiger partial charge is 0.0650 e. The highest BCUT2D eigenvalue weighted by Crippen LogP contribution is 2.71. The molecule has 1 N–H and O–H groups in total. The molecule has 1 heteroatoms. The maximum absolute atomic E-state index is 10.7. The van der Waals surface area contributed by atoms with Crippen molar-refractivity contribution in [3.8, 4) is 0 Å². The van der Waals surface area contributed by atoms with Crippen LogP contribution in [0.25, 0.3) is 0 Å². The molecule has 0 aromatic heterocycles. The van der Waals surface area contributed by atoms with Gasteiger partial charge < -0.3 is 5.11 Å². The highest BCUT2D eigenvalue weighted by Gasteiger charge is 2.66. The van der Waals surface area contributed by atoms with Crippen molar-refractivity contribution in [2.75, 3.05) is 0 Å². The van der Waals surface area contributed by atoms with Crippen LogP contribution in [0.5, 0.6) is 0 Å². The van der Waals surface area contributed by atoms with Crippen molar-refractivity contribution in [1.29, 1.82) is 0 Å². The molecule has 0 spiro atoms. The summed E-state index contributed by atoms with van der Waals surface area (Å²) >= 11 is 0. The topological polar surface area (TPSA) is 20.2 Å². The van der Waals surface area contributed by atoms with Crippen LogP contribution in [-0.2, 0) is 0 Å². The van der Waals surface area contributed by atoms with Crippen LogP contribution in [0.3, 0.4) is 0 Å². The Morgan fingerprint density at radius 1 is 1.00 bits per heavy atom.